The maximum atomic E-state index is 13.6. The monoisotopic (exact) mass is 537 g/mol. The van der Waals surface area contributed by atoms with Crippen molar-refractivity contribution in [1.82, 2.24) is 10.2 Å². The molecule has 1 aliphatic carbocycles. The third kappa shape index (κ3) is 4.25. The Balaban J connectivity index is 1.41. The van der Waals surface area contributed by atoms with Crippen LogP contribution in [-0.4, -0.2) is 63.4 Å². The number of carbonyl (C=O) groups excluding carboxylic acids is 2. The van der Waals surface area contributed by atoms with Crippen molar-refractivity contribution in [3.63, 3.8) is 0 Å². The second-order valence-electron chi connectivity index (χ2n) is 10.5. The maximum Gasteiger partial charge on any atom is 0.255 e. The molecule has 3 heterocycles. The highest BCUT2D eigenvalue weighted by molar-refractivity contribution is 7.99. The lowest BCUT2D eigenvalue weighted by Crippen LogP contribution is -2.41. The van der Waals surface area contributed by atoms with E-state index in [0.29, 0.717) is 59.5 Å². The number of piperidine rings is 1. The lowest BCUT2D eigenvalue weighted by Gasteiger charge is -2.35. The zero-order valence-electron chi connectivity index (χ0n) is 21.8. The Kier molecular flexibility index (Phi) is 6.60. The summed E-state index contributed by atoms with van der Waals surface area (Å²) in [6, 6.07) is 10.0. The van der Waals surface area contributed by atoms with Gasteiger partial charge in [-0.05, 0) is 60.6 Å². The van der Waals surface area contributed by atoms with Crippen LogP contribution in [0.15, 0.2) is 40.8 Å². The quantitative estimate of drug-likeness (QED) is 0.451. The van der Waals surface area contributed by atoms with E-state index >= 15 is 0 Å². The number of anilines is 1. The van der Waals surface area contributed by atoms with Gasteiger partial charge in [-0.25, -0.2) is 4.39 Å². The van der Waals surface area contributed by atoms with Gasteiger partial charge < -0.3 is 23.7 Å². The number of ether oxygens (including phenoxy) is 1. The molecule has 0 spiro atoms. The van der Waals surface area contributed by atoms with Crippen LogP contribution in [0.4, 0.5) is 10.1 Å². The van der Waals surface area contributed by atoms with Crippen LogP contribution >= 0.6 is 11.9 Å². The molecule has 1 N–H and O–H groups in total. The average Bonchev–Trinajstić information content (AvgIpc) is 3.25. The summed E-state index contributed by atoms with van der Waals surface area (Å²) in [6.45, 7) is 2.86. The first kappa shape index (κ1) is 25.2. The molecule has 0 radical (unpaired) electrons. The van der Waals surface area contributed by atoms with Crippen molar-refractivity contribution in [3.8, 4) is 11.3 Å². The van der Waals surface area contributed by atoms with Crippen LogP contribution in [0, 0.1) is 23.6 Å². The highest BCUT2D eigenvalue weighted by Crippen LogP contribution is 2.52. The summed E-state index contributed by atoms with van der Waals surface area (Å²) in [5.74, 6) is 1.11. The number of carbonyl (C=O) groups is 2. The second-order valence-corrected chi connectivity index (χ2v) is 11.4. The number of fused-ring (bicyclic) bond motifs is 2. The molecule has 3 fully saturated rings. The summed E-state index contributed by atoms with van der Waals surface area (Å²) >= 11 is 1.59. The van der Waals surface area contributed by atoms with Gasteiger partial charge in [0.2, 0.25) is 5.91 Å². The first-order chi connectivity index (χ1) is 18.4. The largest absolute Gasteiger partial charge is 0.455 e. The predicted molar refractivity (Wildman–Crippen MR) is 147 cm³/mol. The third-order valence-corrected chi connectivity index (χ3v) is 9.17. The SMILES string of the molecule is CNC(=O)c1c(-c2ccc(F)cc2)oc2cc(N(C)SC)c([C@@H]3CCCN(C(=O)C4C5COCC54)C3)cc12. The van der Waals surface area contributed by atoms with Crippen molar-refractivity contribution in [2.24, 2.45) is 17.8 Å². The molecular formula is C29H32FN3O4S. The van der Waals surface area contributed by atoms with Gasteiger partial charge in [0, 0.05) is 62.3 Å². The Labute approximate surface area is 225 Å². The molecule has 1 aromatic heterocycles. The van der Waals surface area contributed by atoms with Crippen molar-refractivity contribution < 1.29 is 23.1 Å². The number of benzene rings is 2. The van der Waals surface area contributed by atoms with Crippen LogP contribution in [-0.2, 0) is 9.53 Å². The molecule has 3 aromatic rings. The first-order valence-corrected chi connectivity index (χ1v) is 14.3. The Morgan fingerprint density at radius 3 is 2.58 bits per heavy atom. The molecule has 3 aliphatic rings. The fraction of sp³-hybridized carbons (Fsp3) is 0.448. The Morgan fingerprint density at radius 1 is 1.16 bits per heavy atom. The van der Waals surface area contributed by atoms with Crippen molar-refractivity contribution in [2.75, 3.05) is 51.0 Å². The number of hydrogen-bond acceptors (Lipinski definition) is 6. The van der Waals surface area contributed by atoms with E-state index in [0.717, 1.165) is 30.6 Å². The number of nitrogens with one attached hydrogen (secondary N) is 1. The number of nitrogens with zero attached hydrogens (tertiary/aromatic N) is 2. The fourth-order valence-corrected chi connectivity index (χ4v) is 6.60. The molecule has 6 rings (SSSR count). The minimum atomic E-state index is -0.351. The van der Waals surface area contributed by atoms with E-state index in [1.807, 2.05) is 24.3 Å². The highest BCUT2D eigenvalue weighted by Gasteiger charge is 2.59. The minimum absolute atomic E-state index is 0.116. The van der Waals surface area contributed by atoms with Crippen LogP contribution in [0.25, 0.3) is 22.3 Å². The molecule has 1 saturated carbocycles. The van der Waals surface area contributed by atoms with E-state index in [1.54, 1.807) is 31.1 Å². The standard InChI is InChI=1S/C29H32FN3O4S/c1-31-28(34)26-20-11-19(17-5-4-10-33(13-17)29(35)25-21-14-36-15-22(21)25)23(32(2)38-3)12-24(20)37-27(26)16-6-8-18(30)9-7-16/h6-9,11-12,17,21-22,25H,4-5,10,13-15H2,1-3H3,(H,31,34)/t17-,21?,22?,25?/m1/s1. The summed E-state index contributed by atoms with van der Waals surface area (Å²) in [5, 5.41) is 3.46. The lowest BCUT2D eigenvalue weighted by atomic mass is 9.87. The molecule has 200 valence electrons. The van der Waals surface area contributed by atoms with E-state index < -0.39 is 0 Å². The Bertz CT molecular complexity index is 1380. The van der Waals surface area contributed by atoms with Crippen LogP contribution in [0.1, 0.15) is 34.7 Å². The summed E-state index contributed by atoms with van der Waals surface area (Å²) in [4.78, 5) is 28.5. The molecule has 7 nitrogen and oxygen atoms in total. The molecule has 2 amide bonds. The average molecular weight is 538 g/mol. The zero-order chi connectivity index (χ0) is 26.6. The molecule has 3 atom stereocenters. The van der Waals surface area contributed by atoms with Crippen molar-refractivity contribution in [3.05, 3.63) is 53.3 Å². The summed E-state index contributed by atoms with van der Waals surface area (Å²) in [6.07, 6.45) is 3.91. The van der Waals surface area contributed by atoms with E-state index in [9.17, 15) is 14.0 Å². The van der Waals surface area contributed by atoms with Crippen LogP contribution in [0.2, 0.25) is 0 Å². The number of furan rings is 1. The summed E-state index contributed by atoms with van der Waals surface area (Å²) in [5.41, 5.74) is 3.77. The molecular weight excluding hydrogens is 505 g/mol. The van der Waals surface area contributed by atoms with E-state index in [1.165, 1.54) is 12.1 Å². The van der Waals surface area contributed by atoms with Crippen LogP contribution in [0.5, 0.6) is 0 Å². The summed E-state index contributed by atoms with van der Waals surface area (Å²) in [7, 11) is 3.60. The van der Waals surface area contributed by atoms with Crippen molar-refractivity contribution in [2.45, 2.75) is 18.8 Å². The van der Waals surface area contributed by atoms with E-state index in [4.69, 9.17) is 9.15 Å². The minimum Gasteiger partial charge on any atom is -0.455 e. The topological polar surface area (TPSA) is 75.0 Å². The van der Waals surface area contributed by atoms with Gasteiger partial charge >= 0.3 is 0 Å². The fourth-order valence-electron chi connectivity index (χ4n) is 6.25. The molecule has 2 unspecified atom stereocenters. The molecule has 2 saturated heterocycles. The lowest BCUT2D eigenvalue weighted by molar-refractivity contribution is -0.135. The van der Waals surface area contributed by atoms with Gasteiger partial charge in [-0.2, -0.15) is 0 Å². The molecule has 2 aliphatic heterocycles. The van der Waals surface area contributed by atoms with Crippen LogP contribution in [0.3, 0.4) is 0 Å². The second kappa shape index (κ2) is 9.93. The summed E-state index contributed by atoms with van der Waals surface area (Å²) < 4.78 is 27.5. The van der Waals surface area contributed by atoms with Gasteiger partial charge in [-0.15, -0.1) is 0 Å². The smallest absolute Gasteiger partial charge is 0.255 e. The normalized spacial score (nSPS) is 24.4. The van der Waals surface area contributed by atoms with Crippen molar-refractivity contribution >= 4 is 40.4 Å². The highest BCUT2D eigenvalue weighted by atomic mass is 32.2. The number of hydrogen-bond donors (Lipinski definition) is 1. The molecule has 38 heavy (non-hydrogen) atoms. The number of halogens is 1. The molecule has 2 aromatic carbocycles. The van der Waals surface area contributed by atoms with Gasteiger partial charge in [0.05, 0.1) is 24.5 Å². The zero-order valence-corrected chi connectivity index (χ0v) is 22.6. The Morgan fingerprint density at radius 2 is 1.89 bits per heavy atom. The van der Waals surface area contributed by atoms with E-state index in [2.05, 4.69) is 15.7 Å². The van der Waals surface area contributed by atoms with Crippen molar-refractivity contribution in [1.29, 1.82) is 0 Å². The predicted octanol–water partition coefficient (Wildman–Crippen LogP) is 4.91. The first-order valence-electron chi connectivity index (χ1n) is 13.1. The third-order valence-electron chi connectivity index (χ3n) is 8.42. The number of amides is 2. The van der Waals surface area contributed by atoms with Crippen LogP contribution < -0.4 is 9.62 Å². The van der Waals surface area contributed by atoms with Gasteiger partial charge in [-0.1, -0.05) is 11.9 Å². The van der Waals surface area contributed by atoms with Gasteiger partial charge in [0.1, 0.15) is 17.2 Å². The molecule has 9 heteroatoms. The van der Waals surface area contributed by atoms with Gasteiger partial charge in [-0.3, -0.25) is 9.59 Å². The maximum absolute atomic E-state index is 13.6. The van der Waals surface area contributed by atoms with Gasteiger partial charge in [0.25, 0.3) is 5.91 Å². The van der Waals surface area contributed by atoms with E-state index in [-0.39, 0.29) is 29.5 Å². The Hall–Kier alpha value is -3.04. The molecule has 0 bridgehead atoms. The van der Waals surface area contributed by atoms with Gasteiger partial charge in [0.15, 0.2) is 0 Å². The number of rotatable bonds is 6. The number of likely N-dealkylation sites (tertiary alicyclic amines) is 1.